The highest BCUT2D eigenvalue weighted by molar-refractivity contribution is 7.89. The second-order valence-corrected chi connectivity index (χ2v) is 13.4. The lowest BCUT2D eigenvalue weighted by Gasteiger charge is -2.34. The van der Waals surface area contributed by atoms with E-state index in [0.717, 1.165) is 16.7 Å². The number of fused-ring (bicyclic) bond motifs is 1. The molecule has 4 heterocycles. The van der Waals surface area contributed by atoms with Crippen LogP contribution >= 0.6 is 23.2 Å². The van der Waals surface area contributed by atoms with Gasteiger partial charge in [0.1, 0.15) is 11.9 Å². The van der Waals surface area contributed by atoms with Crippen molar-refractivity contribution in [3.05, 3.63) is 83.0 Å². The molecule has 0 radical (unpaired) electrons. The standard InChI is InChI=1S/C29H27Cl2N7O4S/c1-19(39)35-7-9-36(10-8-35)43(41,42)26-17-34-28-37(25-12-23(30)11-24(31)13-25)27(40)29(2,38(26)28)14-20-3-5-21(6-4-20)22-15-32-18-33-16-22/h3-6,11-13,15-18H,7-10,14H2,1-2H3/t29-/m1/s1. The highest BCUT2D eigenvalue weighted by Gasteiger charge is 2.52. The van der Waals surface area contributed by atoms with Crippen LogP contribution in [0.2, 0.25) is 10.0 Å². The third kappa shape index (κ3) is 5.18. The summed E-state index contributed by atoms with van der Waals surface area (Å²) in [5, 5.41) is 0.528. The van der Waals surface area contributed by atoms with Crippen molar-refractivity contribution in [3.63, 3.8) is 0 Å². The first-order chi connectivity index (χ1) is 20.5. The van der Waals surface area contributed by atoms with Crippen molar-refractivity contribution in [2.45, 2.75) is 30.8 Å². The highest BCUT2D eigenvalue weighted by atomic mass is 35.5. The summed E-state index contributed by atoms with van der Waals surface area (Å²) in [5.41, 5.74) is 1.55. The Bertz CT molecular complexity index is 1810. The van der Waals surface area contributed by atoms with E-state index in [-0.39, 0.29) is 55.4 Å². The molecular weight excluding hydrogens is 613 g/mol. The molecule has 2 aliphatic rings. The molecule has 0 spiro atoms. The minimum Gasteiger partial charge on any atom is -0.340 e. The van der Waals surface area contributed by atoms with Crippen LogP contribution in [0.15, 0.2) is 72.4 Å². The van der Waals surface area contributed by atoms with Gasteiger partial charge in [-0.2, -0.15) is 4.31 Å². The van der Waals surface area contributed by atoms with Crippen molar-refractivity contribution in [2.75, 3.05) is 31.1 Å². The van der Waals surface area contributed by atoms with Crippen LogP contribution in [-0.4, -0.2) is 75.1 Å². The molecule has 0 aliphatic carbocycles. The van der Waals surface area contributed by atoms with Gasteiger partial charge in [0.15, 0.2) is 5.03 Å². The third-order valence-corrected chi connectivity index (χ3v) is 10.2. The Morgan fingerprint density at radius 1 is 0.930 bits per heavy atom. The molecule has 2 aromatic carbocycles. The molecule has 11 nitrogen and oxygen atoms in total. The zero-order valence-electron chi connectivity index (χ0n) is 23.3. The quantitative estimate of drug-likeness (QED) is 0.311. The number of nitrogens with zero attached hydrogens (tertiary/aromatic N) is 7. The van der Waals surface area contributed by atoms with Crippen molar-refractivity contribution in [3.8, 4) is 11.1 Å². The summed E-state index contributed by atoms with van der Waals surface area (Å²) in [5.74, 6) is -0.348. The fraction of sp³-hybridized carbons (Fsp3) is 0.276. The summed E-state index contributed by atoms with van der Waals surface area (Å²) in [6.07, 6.45) is 6.34. The monoisotopic (exact) mass is 639 g/mol. The number of piperazine rings is 1. The number of aromatic nitrogens is 4. The maximum Gasteiger partial charge on any atom is 0.260 e. The van der Waals surface area contributed by atoms with E-state index in [2.05, 4.69) is 15.0 Å². The molecule has 222 valence electrons. The molecule has 1 atom stereocenters. The Kier molecular flexibility index (Phi) is 7.49. The lowest BCUT2D eigenvalue weighted by molar-refractivity contribution is -0.130. The molecule has 2 amide bonds. The van der Waals surface area contributed by atoms with E-state index in [1.54, 1.807) is 42.4 Å². The topological polar surface area (TPSA) is 122 Å². The first-order valence-electron chi connectivity index (χ1n) is 13.5. The van der Waals surface area contributed by atoms with Gasteiger partial charge in [0, 0.05) is 67.5 Å². The summed E-state index contributed by atoms with van der Waals surface area (Å²) < 4.78 is 31.0. The second-order valence-electron chi connectivity index (χ2n) is 10.7. The Balaban J connectivity index is 1.42. The average molecular weight is 641 g/mol. The van der Waals surface area contributed by atoms with Crippen LogP contribution in [0.5, 0.6) is 0 Å². The van der Waals surface area contributed by atoms with E-state index in [1.165, 1.54) is 33.2 Å². The van der Waals surface area contributed by atoms with E-state index in [4.69, 9.17) is 23.2 Å². The zero-order valence-corrected chi connectivity index (χ0v) is 25.6. The lowest BCUT2D eigenvalue weighted by atomic mass is 9.91. The number of hydrogen-bond donors (Lipinski definition) is 0. The van der Waals surface area contributed by atoms with Crippen molar-refractivity contribution >= 4 is 56.7 Å². The molecule has 1 saturated heterocycles. The van der Waals surface area contributed by atoms with Gasteiger partial charge in [0.25, 0.3) is 15.9 Å². The Morgan fingerprint density at radius 3 is 2.16 bits per heavy atom. The average Bonchev–Trinajstić information content (AvgIpc) is 3.51. The molecule has 6 rings (SSSR count). The molecule has 14 heteroatoms. The van der Waals surface area contributed by atoms with Gasteiger partial charge in [0.2, 0.25) is 11.9 Å². The summed E-state index contributed by atoms with van der Waals surface area (Å²) in [6.45, 7) is 3.98. The van der Waals surface area contributed by atoms with Gasteiger partial charge in [-0.05, 0) is 36.2 Å². The highest BCUT2D eigenvalue weighted by Crippen LogP contribution is 2.45. The van der Waals surface area contributed by atoms with Crippen LogP contribution < -0.4 is 4.90 Å². The van der Waals surface area contributed by atoms with Crippen LogP contribution in [0, 0.1) is 0 Å². The molecule has 2 aliphatic heterocycles. The predicted molar refractivity (Wildman–Crippen MR) is 162 cm³/mol. The van der Waals surface area contributed by atoms with Crippen LogP contribution in [0.25, 0.3) is 11.1 Å². The minimum absolute atomic E-state index is 0.108. The van der Waals surface area contributed by atoms with Crippen LogP contribution in [0.1, 0.15) is 19.4 Å². The largest absolute Gasteiger partial charge is 0.340 e. The maximum atomic E-state index is 14.3. The molecule has 0 bridgehead atoms. The number of amides is 2. The fourth-order valence-corrected chi connectivity index (χ4v) is 7.77. The van der Waals surface area contributed by atoms with Gasteiger partial charge in [0.05, 0.1) is 11.9 Å². The molecule has 0 N–H and O–H groups in total. The van der Waals surface area contributed by atoms with Crippen LogP contribution in [-0.2, 0) is 31.6 Å². The van der Waals surface area contributed by atoms with Crippen molar-refractivity contribution < 1.29 is 18.0 Å². The van der Waals surface area contributed by atoms with Gasteiger partial charge < -0.3 is 4.90 Å². The number of anilines is 2. The summed E-state index contributed by atoms with van der Waals surface area (Å²) in [7, 11) is -4.09. The number of hydrogen-bond acceptors (Lipinski definition) is 7. The molecular formula is C29H27Cl2N7O4S. The van der Waals surface area contributed by atoms with Crippen LogP contribution in [0.4, 0.5) is 11.6 Å². The Labute approximate surface area is 258 Å². The van der Waals surface area contributed by atoms with Gasteiger partial charge in [-0.15, -0.1) is 0 Å². The molecule has 0 unspecified atom stereocenters. The SMILES string of the molecule is CC(=O)N1CCN(S(=O)(=O)c2cnc3n2[C@](C)(Cc2ccc(-c4cncnc4)cc2)C(=O)N3c2cc(Cl)cc(Cl)c2)CC1. The normalized spacial score (nSPS) is 19.1. The number of carbonyl (C=O) groups excluding carboxylic acids is 2. The molecule has 4 aromatic rings. The number of rotatable bonds is 6. The number of halogens is 2. The fourth-order valence-electron chi connectivity index (χ4n) is 5.65. The number of sulfonamides is 1. The first kappa shape index (κ1) is 29.2. The van der Waals surface area contributed by atoms with E-state index in [0.29, 0.717) is 15.7 Å². The van der Waals surface area contributed by atoms with Gasteiger partial charge in [-0.1, -0.05) is 47.5 Å². The first-order valence-corrected chi connectivity index (χ1v) is 15.7. The van der Waals surface area contributed by atoms with E-state index >= 15 is 0 Å². The van der Waals surface area contributed by atoms with Crippen molar-refractivity contribution in [2.24, 2.45) is 0 Å². The minimum atomic E-state index is -4.09. The van der Waals surface area contributed by atoms with Gasteiger partial charge in [-0.3, -0.25) is 14.2 Å². The van der Waals surface area contributed by atoms with E-state index in [1.807, 2.05) is 24.3 Å². The summed E-state index contributed by atoms with van der Waals surface area (Å²) >= 11 is 12.6. The number of carbonyl (C=O) groups is 2. The predicted octanol–water partition coefficient (Wildman–Crippen LogP) is 4.14. The molecule has 0 saturated carbocycles. The maximum absolute atomic E-state index is 14.3. The zero-order chi connectivity index (χ0) is 30.5. The smallest absolute Gasteiger partial charge is 0.260 e. The second kappa shape index (κ2) is 11.0. The molecule has 43 heavy (non-hydrogen) atoms. The van der Waals surface area contributed by atoms with Gasteiger partial charge in [-0.25, -0.2) is 28.3 Å². The van der Waals surface area contributed by atoms with Gasteiger partial charge >= 0.3 is 0 Å². The van der Waals surface area contributed by atoms with Crippen molar-refractivity contribution in [1.82, 2.24) is 28.7 Å². The summed E-state index contributed by atoms with van der Waals surface area (Å²) in [6, 6.07) is 12.3. The van der Waals surface area contributed by atoms with E-state index in [9.17, 15) is 18.0 Å². The Morgan fingerprint density at radius 2 is 1.56 bits per heavy atom. The van der Waals surface area contributed by atoms with E-state index < -0.39 is 15.6 Å². The number of benzene rings is 2. The summed E-state index contributed by atoms with van der Waals surface area (Å²) in [4.78, 5) is 41.7. The Hall–Kier alpha value is -3.84. The third-order valence-electron chi connectivity index (χ3n) is 7.86. The van der Waals surface area contributed by atoms with Crippen molar-refractivity contribution in [1.29, 1.82) is 0 Å². The molecule has 2 aromatic heterocycles. The lowest BCUT2D eigenvalue weighted by Crippen LogP contribution is -2.50. The van der Waals surface area contributed by atoms with Crippen LogP contribution in [0.3, 0.4) is 0 Å². The molecule has 1 fully saturated rings. The number of imidazole rings is 1.